The van der Waals surface area contributed by atoms with Crippen molar-refractivity contribution in [1.82, 2.24) is 14.9 Å². The maximum Gasteiger partial charge on any atom is 0.246 e. The number of hydrogen-bond acceptors (Lipinski definition) is 5. The minimum atomic E-state index is -0.858. The Kier molecular flexibility index (Phi) is 4.98. The van der Waals surface area contributed by atoms with Gasteiger partial charge in [-0.15, -0.1) is 0 Å². The number of benzene rings is 1. The van der Waals surface area contributed by atoms with Gasteiger partial charge >= 0.3 is 0 Å². The first kappa shape index (κ1) is 18.4. The molecule has 3 rings (SSSR count). The molecule has 1 aromatic carbocycles. The summed E-state index contributed by atoms with van der Waals surface area (Å²) in [6, 6.07) is 5.15. The number of anilines is 1. The molecular formula is C19H21ClN4O2. The van der Waals surface area contributed by atoms with Crippen molar-refractivity contribution in [2.75, 3.05) is 12.3 Å². The van der Waals surface area contributed by atoms with Crippen molar-refractivity contribution in [1.29, 1.82) is 0 Å². The number of rotatable bonds is 3. The van der Waals surface area contributed by atoms with Gasteiger partial charge in [0.1, 0.15) is 0 Å². The third kappa shape index (κ3) is 3.86. The van der Waals surface area contributed by atoms with Crippen LogP contribution in [0.25, 0.3) is 11.4 Å². The molecule has 1 fully saturated rings. The first-order chi connectivity index (χ1) is 12.3. The zero-order chi connectivity index (χ0) is 18.9. The molecule has 0 bridgehead atoms. The van der Waals surface area contributed by atoms with Gasteiger partial charge in [-0.3, -0.25) is 4.79 Å². The van der Waals surface area contributed by atoms with Crippen molar-refractivity contribution in [3.63, 3.8) is 0 Å². The fourth-order valence-electron chi connectivity index (χ4n) is 3.25. The lowest BCUT2D eigenvalue weighted by atomic mass is 9.84. The molecule has 2 aromatic rings. The van der Waals surface area contributed by atoms with Crippen molar-refractivity contribution in [3.8, 4) is 11.4 Å². The Morgan fingerprint density at radius 3 is 2.77 bits per heavy atom. The molecule has 0 aliphatic carbocycles. The van der Waals surface area contributed by atoms with E-state index in [4.69, 9.17) is 17.3 Å². The van der Waals surface area contributed by atoms with E-state index in [-0.39, 0.29) is 11.9 Å². The van der Waals surface area contributed by atoms with E-state index >= 15 is 0 Å². The fraction of sp³-hybridized carbons (Fsp3) is 0.316. The second-order valence-electron chi connectivity index (χ2n) is 6.82. The van der Waals surface area contributed by atoms with Crippen molar-refractivity contribution in [2.24, 2.45) is 0 Å². The molecule has 1 aromatic heterocycles. The lowest BCUT2D eigenvalue weighted by Gasteiger charge is -2.42. The number of carbonyl (C=O) groups excluding carboxylic acids is 1. The number of piperidine rings is 1. The number of nitrogens with zero attached hydrogens (tertiary/aromatic N) is 3. The Morgan fingerprint density at radius 2 is 2.12 bits per heavy atom. The van der Waals surface area contributed by atoms with Crippen LogP contribution in [0.4, 0.5) is 5.69 Å². The summed E-state index contributed by atoms with van der Waals surface area (Å²) in [6.45, 7) is 5.81. The van der Waals surface area contributed by atoms with E-state index in [0.29, 0.717) is 35.9 Å². The smallest absolute Gasteiger partial charge is 0.246 e. The van der Waals surface area contributed by atoms with Crippen molar-refractivity contribution >= 4 is 23.2 Å². The molecule has 3 N–H and O–H groups in total. The van der Waals surface area contributed by atoms with Crippen LogP contribution in [0, 0.1) is 0 Å². The lowest BCUT2D eigenvalue weighted by molar-refractivity contribution is -0.134. The van der Waals surface area contributed by atoms with Crippen LogP contribution < -0.4 is 5.73 Å². The molecule has 0 spiro atoms. The van der Waals surface area contributed by atoms with Gasteiger partial charge in [-0.2, -0.15) is 0 Å². The van der Waals surface area contributed by atoms with Crippen LogP contribution in [-0.2, 0) is 4.79 Å². The number of hydrogen-bond donors (Lipinski definition) is 2. The summed E-state index contributed by atoms with van der Waals surface area (Å²) in [5, 5.41) is 11.0. The number of nitrogens with two attached hydrogens (primary N) is 1. The number of aliphatic hydroxyl groups is 1. The third-order valence-electron chi connectivity index (χ3n) is 4.59. The van der Waals surface area contributed by atoms with Crippen LogP contribution in [0.2, 0.25) is 5.02 Å². The Labute approximate surface area is 157 Å². The van der Waals surface area contributed by atoms with Crippen LogP contribution in [0.15, 0.2) is 43.2 Å². The molecule has 2 atom stereocenters. The van der Waals surface area contributed by atoms with Gasteiger partial charge in [0.15, 0.2) is 5.82 Å². The zero-order valence-corrected chi connectivity index (χ0v) is 15.3. The molecule has 0 unspecified atom stereocenters. The molecule has 2 heterocycles. The van der Waals surface area contributed by atoms with Gasteiger partial charge in [-0.1, -0.05) is 18.2 Å². The second kappa shape index (κ2) is 7.05. The molecular weight excluding hydrogens is 352 g/mol. The molecule has 1 aliphatic rings. The first-order valence-electron chi connectivity index (χ1n) is 8.33. The molecule has 0 saturated carbocycles. The van der Waals surface area contributed by atoms with Crippen LogP contribution >= 0.6 is 11.6 Å². The highest BCUT2D eigenvalue weighted by Crippen LogP contribution is 2.38. The number of nitrogen functional groups attached to an aromatic ring is 1. The maximum atomic E-state index is 12.3. The number of amides is 1. The van der Waals surface area contributed by atoms with Crippen LogP contribution in [0.1, 0.15) is 31.4 Å². The third-order valence-corrected chi connectivity index (χ3v) is 4.81. The molecule has 136 valence electrons. The normalized spacial score (nSPS) is 22.9. The van der Waals surface area contributed by atoms with Gasteiger partial charge in [0, 0.05) is 23.6 Å². The van der Waals surface area contributed by atoms with E-state index in [1.807, 2.05) is 6.07 Å². The minimum absolute atomic E-state index is 0.171. The largest absolute Gasteiger partial charge is 0.396 e. The van der Waals surface area contributed by atoms with Gasteiger partial charge in [0.2, 0.25) is 5.91 Å². The molecule has 1 aliphatic heterocycles. The van der Waals surface area contributed by atoms with Crippen LogP contribution in [-0.4, -0.2) is 38.0 Å². The standard InChI is InChI=1S/C19H21ClN4O2/c1-3-17(25)24-5-4-19(2,26)9-16(24)12-6-13(8-14(20)7-12)18-22-10-15(21)11-23-18/h3,6-8,10-11,16,26H,1,4-5,9,21H2,2H3/t16-,19-/m1/s1. The van der Waals surface area contributed by atoms with Gasteiger partial charge in [0.05, 0.1) is 29.7 Å². The van der Waals surface area contributed by atoms with Crippen LogP contribution in [0.5, 0.6) is 0 Å². The summed E-state index contributed by atoms with van der Waals surface area (Å²) in [7, 11) is 0. The number of halogens is 1. The molecule has 6 nitrogen and oxygen atoms in total. The maximum absolute atomic E-state index is 12.3. The average Bonchev–Trinajstić information content (AvgIpc) is 2.60. The highest BCUT2D eigenvalue weighted by molar-refractivity contribution is 6.31. The van der Waals surface area contributed by atoms with E-state index in [1.54, 1.807) is 24.0 Å². The van der Waals surface area contributed by atoms with E-state index in [0.717, 1.165) is 11.1 Å². The monoisotopic (exact) mass is 372 g/mol. The summed E-state index contributed by atoms with van der Waals surface area (Å²) in [5.74, 6) is 0.322. The van der Waals surface area contributed by atoms with Crippen molar-refractivity contribution < 1.29 is 9.90 Å². The van der Waals surface area contributed by atoms with E-state index in [2.05, 4.69) is 16.5 Å². The lowest BCUT2D eigenvalue weighted by Crippen LogP contribution is -2.46. The first-order valence-corrected chi connectivity index (χ1v) is 8.71. The molecule has 1 amide bonds. The quantitative estimate of drug-likeness (QED) is 0.808. The molecule has 26 heavy (non-hydrogen) atoms. The Bertz CT molecular complexity index is 836. The van der Waals surface area contributed by atoms with Gasteiger partial charge in [0.25, 0.3) is 0 Å². The molecule has 1 saturated heterocycles. The fourth-order valence-corrected chi connectivity index (χ4v) is 3.49. The summed E-state index contributed by atoms with van der Waals surface area (Å²) in [5.41, 5.74) is 6.81. The number of aromatic nitrogens is 2. The number of likely N-dealkylation sites (tertiary alicyclic amines) is 1. The highest BCUT2D eigenvalue weighted by Gasteiger charge is 2.37. The van der Waals surface area contributed by atoms with Crippen molar-refractivity contribution in [3.05, 3.63) is 53.8 Å². The van der Waals surface area contributed by atoms with Gasteiger partial charge < -0.3 is 15.7 Å². The van der Waals surface area contributed by atoms with E-state index < -0.39 is 5.60 Å². The van der Waals surface area contributed by atoms with E-state index in [9.17, 15) is 9.90 Å². The van der Waals surface area contributed by atoms with E-state index in [1.165, 1.54) is 18.5 Å². The Hall–Kier alpha value is -2.44. The molecule has 0 radical (unpaired) electrons. The summed E-state index contributed by atoms with van der Waals surface area (Å²) in [4.78, 5) is 22.5. The Balaban J connectivity index is 2.04. The van der Waals surface area contributed by atoms with Gasteiger partial charge in [-0.05, 0) is 43.2 Å². The van der Waals surface area contributed by atoms with Crippen molar-refractivity contribution in [2.45, 2.75) is 31.4 Å². The highest BCUT2D eigenvalue weighted by atomic mass is 35.5. The summed E-state index contributed by atoms with van der Waals surface area (Å²) in [6.07, 6.45) is 5.28. The minimum Gasteiger partial charge on any atom is -0.396 e. The average molecular weight is 373 g/mol. The summed E-state index contributed by atoms with van der Waals surface area (Å²) >= 11 is 6.32. The van der Waals surface area contributed by atoms with Crippen LogP contribution in [0.3, 0.4) is 0 Å². The Morgan fingerprint density at radius 1 is 1.42 bits per heavy atom. The second-order valence-corrected chi connectivity index (χ2v) is 7.25. The zero-order valence-electron chi connectivity index (χ0n) is 14.5. The molecule has 7 heteroatoms. The summed E-state index contributed by atoms with van der Waals surface area (Å²) < 4.78 is 0. The van der Waals surface area contributed by atoms with Gasteiger partial charge in [-0.25, -0.2) is 9.97 Å². The SMILES string of the molecule is C=CC(=O)N1CC[C@@](C)(O)C[C@@H]1c1cc(Cl)cc(-c2ncc(N)cn2)c1. The predicted molar refractivity (Wildman–Crippen MR) is 101 cm³/mol. The number of carbonyl (C=O) groups is 1. The topological polar surface area (TPSA) is 92.3 Å². The predicted octanol–water partition coefficient (Wildman–Crippen LogP) is 2.98.